The fourth-order valence-corrected chi connectivity index (χ4v) is 7.34. The highest BCUT2D eigenvalue weighted by atomic mass is 16.6. The van der Waals surface area contributed by atoms with E-state index in [2.05, 4.69) is 41.2 Å². The number of aromatic nitrogens is 5. The summed E-state index contributed by atoms with van der Waals surface area (Å²) >= 11 is 0. The lowest BCUT2D eigenvalue weighted by molar-refractivity contribution is -0.126. The number of hydrogen-bond donors (Lipinski definition) is 2. The van der Waals surface area contributed by atoms with Gasteiger partial charge in [0.25, 0.3) is 17.6 Å². The first-order valence-electron chi connectivity index (χ1n) is 20.9. The zero-order valence-electron chi connectivity index (χ0n) is 35.1. The van der Waals surface area contributed by atoms with Gasteiger partial charge in [-0.1, -0.05) is 30.3 Å². The predicted octanol–water partition coefficient (Wildman–Crippen LogP) is 2.76. The van der Waals surface area contributed by atoms with E-state index < -0.39 is 17.6 Å². The summed E-state index contributed by atoms with van der Waals surface area (Å²) in [7, 11) is 1.46. The van der Waals surface area contributed by atoms with Crippen molar-refractivity contribution in [2.45, 2.75) is 26.2 Å². The van der Waals surface area contributed by atoms with Crippen LogP contribution in [0.15, 0.2) is 54.6 Å². The normalized spacial score (nSPS) is 14.9. The van der Waals surface area contributed by atoms with Crippen LogP contribution in [0.1, 0.15) is 52.7 Å². The Morgan fingerprint density at radius 3 is 2.16 bits per heavy atom. The Morgan fingerprint density at radius 2 is 1.51 bits per heavy atom. The predicted molar refractivity (Wildman–Crippen MR) is 225 cm³/mol. The first-order chi connectivity index (χ1) is 29.9. The number of Topliss-reactive ketones (excluding diaryl/α,β-unsaturated/α-hetero) is 1. The molecular weight excluding hydrogens is 785 g/mol. The van der Waals surface area contributed by atoms with Crippen LogP contribution in [-0.4, -0.2) is 176 Å². The maximum Gasteiger partial charge on any atom is 0.295 e. The van der Waals surface area contributed by atoms with E-state index in [0.717, 1.165) is 56.8 Å². The lowest BCUT2D eigenvalue weighted by Crippen LogP contribution is -2.47. The monoisotopic (exact) mass is 840 g/mol. The van der Waals surface area contributed by atoms with Crippen molar-refractivity contribution in [3.63, 3.8) is 0 Å². The molecule has 0 atom stereocenters. The Bertz CT molecular complexity index is 2110. The number of nitrogens with zero attached hydrogens (tertiary/aromatic N) is 8. The van der Waals surface area contributed by atoms with Crippen molar-refractivity contribution in [1.82, 2.24) is 44.7 Å². The number of amides is 2. The van der Waals surface area contributed by atoms with E-state index in [9.17, 15) is 19.6 Å². The van der Waals surface area contributed by atoms with Crippen molar-refractivity contribution in [1.29, 1.82) is 5.26 Å². The fraction of sp³-hybridized carbons (Fsp3) is 0.512. The van der Waals surface area contributed by atoms with Crippen LogP contribution in [0.5, 0.6) is 5.75 Å². The van der Waals surface area contributed by atoms with Gasteiger partial charge in [0.2, 0.25) is 5.82 Å². The van der Waals surface area contributed by atoms with Gasteiger partial charge in [0, 0.05) is 65.2 Å². The van der Waals surface area contributed by atoms with E-state index >= 15 is 0 Å². The number of allylic oxidation sites excluding steroid dienone is 1. The number of pyridine rings is 1. The Balaban J connectivity index is 0.923. The summed E-state index contributed by atoms with van der Waals surface area (Å²) in [5.41, 5.74) is 2.93. The number of piperazine rings is 1. The van der Waals surface area contributed by atoms with Crippen molar-refractivity contribution < 1.29 is 38.1 Å². The molecule has 0 saturated carbocycles. The minimum absolute atomic E-state index is 0.0288. The number of likely N-dealkylation sites (tertiary alicyclic amines) is 1. The van der Waals surface area contributed by atoms with Crippen molar-refractivity contribution in [3.05, 3.63) is 71.6 Å². The number of carbonyl (C=O) groups is 3. The van der Waals surface area contributed by atoms with Gasteiger partial charge in [-0.3, -0.25) is 19.3 Å². The third kappa shape index (κ3) is 12.3. The maximum atomic E-state index is 13.7. The van der Waals surface area contributed by atoms with Gasteiger partial charge in [0.15, 0.2) is 5.82 Å². The molecule has 2 N–H and O–H groups in total. The molecule has 2 saturated heterocycles. The Kier molecular flexibility index (Phi) is 17.3. The largest absolute Gasteiger partial charge is 0.494 e. The van der Waals surface area contributed by atoms with Crippen LogP contribution in [-0.2, 0) is 23.7 Å². The number of fused-ring (bicyclic) bond motifs is 1. The van der Waals surface area contributed by atoms with Crippen molar-refractivity contribution in [3.8, 4) is 17.6 Å². The number of nitrogens with one attached hydrogen (secondary N) is 2. The van der Waals surface area contributed by atoms with E-state index in [-0.39, 0.29) is 17.2 Å². The number of rotatable bonds is 23. The Morgan fingerprint density at radius 1 is 0.852 bits per heavy atom. The number of nitriles is 1. The molecule has 0 unspecified atom stereocenters. The Hall–Kier alpha value is -5.55. The summed E-state index contributed by atoms with van der Waals surface area (Å²) in [4.78, 5) is 58.3. The number of H-pyrrole nitrogens is 1. The van der Waals surface area contributed by atoms with Gasteiger partial charge in [0.1, 0.15) is 12.1 Å². The number of piperidine rings is 1. The molecule has 18 heteroatoms. The van der Waals surface area contributed by atoms with Crippen molar-refractivity contribution >= 4 is 34.1 Å². The zero-order valence-corrected chi connectivity index (χ0v) is 35.1. The summed E-state index contributed by atoms with van der Waals surface area (Å²) in [6, 6.07) is 11.8. The average Bonchev–Trinajstić information content (AvgIpc) is 3.98. The molecule has 1 aromatic carbocycles. The molecule has 2 fully saturated rings. The van der Waals surface area contributed by atoms with E-state index in [1.807, 2.05) is 37.3 Å². The van der Waals surface area contributed by atoms with Crippen LogP contribution in [0, 0.1) is 11.3 Å². The third-order valence-electron chi connectivity index (χ3n) is 10.7. The molecule has 0 spiro atoms. The summed E-state index contributed by atoms with van der Waals surface area (Å²) in [5, 5.41) is 17.5. The molecule has 4 aromatic rings. The molecule has 2 aliphatic heterocycles. The molecule has 0 radical (unpaired) electrons. The quantitative estimate of drug-likeness (QED) is 0.0478. The number of hydrogen-bond acceptors (Lipinski definition) is 14. The molecular formula is C43H56N10O8. The zero-order chi connectivity index (χ0) is 42.8. The molecule has 2 amide bonds. The smallest absolute Gasteiger partial charge is 0.295 e. The summed E-state index contributed by atoms with van der Waals surface area (Å²) in [6.45, 7) is 13.4. The van der Waals surface area contributed by atoms with Gasteiger partial charge in [0.05, 0.1) is 87.7 Å². The lowest BCUT2D eigenvalue weighted by Gasteiger charge is -2.34. The van der Waals surface area contributed by atoms with Crippen LogP contribution >= 0.6 is 0 Å². The molecule has 5 heterocycles. The highest BCUT2D eigenvalue weighted by Crippen LogP contribution is 2.32. The minimum Gasteiger partial charge on any atom is -0.494 e. The topological polar surface area (TPSA) is 202 Å². The number of aromatic amines is 1. The van der Waals surface area contributed by atoms with Crippen LogP contribution in [0.25, 0.3) is 22.3 Å². The summed E-state index contributed by atoms with van der Waals surface area (Å²) in [6.07, 6.45) is 6.03. The second-order valence-electron chi connectivity index (χ2n) is 14.5. The summed E-state index contributed by atoms with van der Waals surface area (Å²) in [5.74, 6) is -1.22. The first kappa shape index (κ1) is 45.0. The number of carbonyl (C=O) groups excluding carboxylic acids is 3. The highest BCUT2D eigenvalue weighted by Gasteiger charge is 2.30. The Labute approximate surface area is 355 Å². The molecule has 18 nitrogen and oxygen atoms in total. The molecule has 326 valence electrons. The van der Waals surface area contributed by atoms with Gasteiger partial charge in [-0.05, 0) is 43.9 Å². The highest BCUT2D eigenvalue weighted by molar-refractivity contribution is 6.45. The van der Waals surface area contributed by atoms with E-state index in [0.29, 0.717) is 108 Å². The van der Waals surface area contributed by atoms with Crippen molar-refractivity contribution in [2.24, 2.45) is 0 Å². The number of methoxy groups -OCH3 is 1. The van der Waals surface area contributed by atoms with Crippen LogP contribution in [0.3, 0.4) is 0 Å². The number of ether oxygens (including phenoxy) is 5. The fourth-order valence-electron chi connectivity index (χ4n) is 7.34. The number of benzene rings is 1. The van der Waals surface area contributed by atoms with Crippen LogP contribution in [0.4, 0.5) is 0 Å². The van der Waals surface area contributed by atoms with Gasteiger partial charge < -0.3 is 43.8 Å². The molecule has 61 heavy (non-hydrogen) atoms. The standard InChI is InChI=1S/C43H56N10O8/c1-3-58-22-23-60-26-27-61-25-24-59-21-20-51-18-16-50(17-19-51)13-7-12-45-42(55)40-48-31-53(49-40)41-38-37(36(57-2)30-47-41)35(29-46-38)39(54)43(56)52-14-10-33(11-15-52)34(28-44)32-8-5-4-6-9-32/h4-6,8-9,29-31,46H,3,7,10-27H2,1-2H3,(H,45,55). The molecule has 6 rings (SSSR count). The van der Waals surface area contributed by atoms with Gasteiger partial charge >= 0.3 is 0 Å². The molecule has 0 aliphatic carbocycles. The van der Waals surface area contributed by atoms with E-state index in [1.54, 1.807) is 0 Å². The third-order valence-corrected chi connectivity index (χ3v) is 10.7. The molecule has 2 aliphatic rings. The summed E-state index contributed by atoms with van der Waals surface area (Å²) < 4.78 is 28.8. The van der Waals surface area contributed by atoms with Gasteiger partial charge in [-0.15, -0.1) is 5.10 Å². The first-order valence-corrected chi connectivity index (χ1v) is 20.9. The van der Waals surface area contributed by atoms with Crippen LogP contribution < -0.4 is 10.1 Å². The number of ketones is 1. The van der Waals surface area contributed by atoms with Crippen LogP contribution in [0.2, 0.25) is 0 Å². The minimum atomic E-state index is -0.701. The van der Waals surface area contributed by atoms with Crippen molar-refractivity contribution in [2.75, 3.05) is 119 Å². The van der Waals surface area contributed by atoms with E-state index in [4.69, 9.17) is 23.7 Å². The van der Waals surface area contributed by atoms with E-state index in [1.165, 1.54) is 35.4 Å². The second kappa shape index (κ2) is 23.4. The molecule has 3 aromatic heterocycles. The lowest BCUT2D eigenvalue weighted by atomic mass is 9.93. The SMILES string of the molecule is CCOCCOCCOCCOCCN1CCN(CCCNC(=O)c2ncn(-c3ncc(OC)c4c(C(=O)C(=O)N5CCC(=C(C#N)c6ccccc6)CC5)c[nH]c34)n2)CC1. The maximum absolute atomic E-state index is 13.7. The van der Waals surface area contributed by atoms with Gasteiger partial charge in [-0.2, -0.15) is 9.94 Å². The average molecular weight is 841 g/mol. The molecule has 0 bridgehead atoms. The van der Waals surface area contributed by atoms with Gasteiger partial charge in [-0.25, -0.2) is 9.97 Å². The second-order valence-corrected chi connectivity index (χ2v) is 14.5.